The molecule has 4 heterocycles. The molecule has 2 atom stereocenters. The van der Waals surface area contributed by atoms with Gasteiger partial charge in [0.1, 0.15) is 27.2 Å². The van der Waals surface area contributed by atoms with Gasteiger partial charge in [-0.1, -0.05) is 49.3 Å². The van der Waals surface area contributed by atoms with Crippen LogP contribution in [-0.4, -0.2) is 63.3 Å². The summed E-state index contributed by atoms with van der Waals surface area (Å²) in [7, 11) is 0. The summed E-state index contributed by atoms with van der Waals surface area (Å²) in [5.74, 6) is -0.378. The number of nitrogens with zero attached hydrogens (tertiary/aromatic N) is 4. The lowest BCUT2D eigenvalue weighted by Gasteiger charge is -2.22. The van der Waals surface area contributed by atoms with Gasteiger partial charge in [0.15, 0.2) is 5.69 Å². The minimum absolute atomic E-state index is 0.165. The van der Waals surface area contributed by atoms with Crippen LogP contribution >= 0.6 is 22.7 Å². The number of aryl methyl sites for hydroxylation is 1. The van der Waals surface area contributed by atoms with Gasteiger partial charge in [0.05, 0.1) is 12.1 Å². The van der Waals surface area contributed by atoms with Crippen LogP contribution in [0.4, 0.5) is 0 Å². The summed E-state index contributed by atoms with van der Waals surface area (Å²) in [5, 5.41) is 17.6. The van der Waals surface area contributed by atoms with E-state index in [1.807, 2.05) is 30.3 Å². The van der Waals surface area contributed by atoms with Crippen molar-refractivity contribution in [2.75, 3.05) is 19.6 Å². The fraction of sp³-hybridized carbons (Fsp3) is 0.424. The third-order valence-electron chi connectivity index (χ3n) is 7.59. The molecule has 47 heavy (non-hydrogen) atoms. The molecular formula is C33H39N7O5S2. The van der Waals surface area contributed by atoms with Crippen molar-refractivity contribution in [1.29, 1.82) is 0 Å². The van der Waals surface area contributed by atoms with Crippen molar-refractivity contribution in [3.8, 4) is 0 Å². The van der Waals surface area contributed by atoms with Crippen LogP contribution in [0, 0.1) is 12.8 Å². The van der Waals surface area contributed by atoms with Gasteiger partial charge in [-0.15, -0.1) is 22.7 Å². The van der Waals surface area contributed by atoms with E-state index in [9.17, 15) is 19.2 Å². The summed E-state index contributed by atoms with van der Waals surface area (Å²) in [6.45, 7) is 6.82. The Morgan fingerprint density at radius 1 is 0.957 bits per heavy atom. The van der Waals surface area contributed by atoms with Gasteiger partial charge < -0.3 is 25.4 Å². The number of hydrogen-bond acceptors (Lipinski definition) is 10. The van der Waals surface area contributed by atoms with E-state index in [1.165, 1.54) is 22.7 Å². The Morgan fingerprint density at radius 2 is 1.64 bits per heavy atom. The second-order valence-electron chi connectivity index (χ2n) is 11.9. The number of carbonyl (C=O) groups is 4. The van der Waals surface area contributed by atoms with E-state index in [1.54, 1.807) is 28.7 Å². The number of carbonyl (C=O) groups excluding carboxylic acids is 4. The van der Waals surface area contributed by atoms with Crippen LogP contribution in [0.15, 0.2) is 51.7 Å². The molecule has 1 aliphatic rings. The Balaban J connectivity index is 1.41. The number of benzene rings is 1. The summed E-state index contributed by atoms with van der Waals surface area (Å²) < 4.78 is 5.11. The van der Waals surface area contributed by atoms with Crippen LogP contribution < -0.4 is 16.0 Å². The van der Waals surface area contributed by atoms with Gasteiger partial charge in [-0.05, 0) is 44.1 Å². The number of nitrogens with one attached hydrogen (secondary N) is 3. The molecule has 3 aromatic heterocycles. The molecule has 0 saturated carbocycles. The molecule has 0 radical (unpaired) electrons. The predicted octanol–water partition coefficient (Wildman–Crippen LogP) is 4.87. The van der Waals surface area contributed by atoms with Crippen LogP contribution in [-0.2, 0) is 11.2 Å². The number of amides is 4. The summed E-state index contributed by atoms with van der Waals surface area (Å²) in [5.41, 5.74) is 1.71. The number of rotatable bonds is 5. The minimum atomic E-state index is -0.499. The predicted molar refractivity (Wildman–Crippen MR) is 178 cm³/mol. The smallest absolute Gasteiger partial charge is 0.276 e. The molecule has 0 unspecified atom stereocenters. The zero-order valence-corrected chi connectivity index (χ0v) is 28.3. The molecule has 1 aromatic carbocycles. The summed E-state index contributed by atoms with van der Waals surface area (Å²) in [6, 6.07) is 10.5. The van der Waals surface area contributed by atoms with E-state index in [-0.39, 0.29) is 59.1 Å². The van der Waals surface area contributed by atoms with Crippen LogP contribution in [0.5, 0.6) is 0 Å². The largest absolute Gasteiger partial charge is 0.361 e. The average molecular weight is 678 g/mol. The molecule has 4 bridgehead atoms. The highest BCUT2D eigenvalue weighted by molar-refractivity contribution is 7.10. The molecule has 4 aromatic rings. The molecule has 0 aliphatic carbocycles. The lowest BCUT2D eigenvalue weighted by molar-refractivity contribution is -0.122. The van der Waals surface area contributed by atoms with E-state index < -0.39 is 6.04 Å². The first-order valence-corrected chi connectivity index (χ1v) is 17.5. The Labute approximate surface area is 281 Å². The van der Waals surface area contributed by atoms with Crippen LogP contribution in [0.2, 0.25) is 0 Å². The molecule has 0 spiro atoms. The lowest BCUT2D eigenvalue weighted by atomic mass is 10.0. The fourth-order valence-corrected chi connectivity index (χ4v) is 6.99. The second kappa shape index (κ2) is 15.9. The molecule has 14 heteroatoms. The first-order valence-electron chi connectivity index (χ1n) is 15.7. The summed E-state index contributed by atoms with van der Waals surface area (Å²) in [6.07, 6.45) is 2.21. The maximum atomic E-state index is 13.5. The third-order valence-corrected chi connectivity index (χ3v) is 9.51. The molecule has 12 nitrogen and oxygen atoms in total. The highest BCUT2D eigenvalue weighted by atomic mass is 32.1. The monoisotopic (exact) mass is 677 g/mol. The van der Waals surface area contributed by atoms with Gasteiger partial charge in [-0.25, -0.2) is 9.97 Å². The van der Waals surface area contributed by atoms with Crippen LogP contribution in [0.25, 0.3) is 0 Å². The van der Waals surface area contributed by atoms with Gasteiger partial charge in [0.2, 0.25) is 5.91 Å². The molecule has 0 saturated heterocycles. The standard InChI is InChI=1S/C33H39N7O5S2/c1-20(2)15-23-31-38-27(19-47-31)30(43)36-24(17-22-9-5-4-6-10-22)32-37-26(18-46-32)29(42)34-12-8-14-40(13-7-11-28(41)35-23)33(44)25-16-21(3)45-39-25/h4-6,9-10,16,18-20,23-24H,7-8,11-15,17H2,1-3H3,(H,34,42)(H,35,41)(H,36,43)/t23-,24-/m0/s1. The molecule has 4 amide bonds. The fourth-order valence-electron chi connectivity index (χ4n) is 5.28. The number of hydrogen-bond donors (Lipinski definition) is 3. The van der Waals surface area contributed by atoms with E-state index in [0.29, 0.717) is 61.1 Å². The first-order chi connectivity index (χ1) is 22.7. The highest BCUT2D eigenvalue weighted by Gasteiger charge is 2.26. The maximum Gasteiger partial charge on any atom is 0.276 e. The van der Waals surface area contributed by atoms with E-state index in [0.717, 1.165) is 5.56 Å². The zero-order chi connectivity index (χ0) is 33.3. The maximum absolute atomic E-state index is 13.5. The Bertz CT molecular complexity index is 1680. The average Bonchev–Trinajstić information content (AvgIpc) is 3.82. The van der Waals surface area contributed by atoms with E-state index >= 15 is 0 Å². The van der Waals surface area contributed by atoms with E-state index in [2.05, 4.69) is 44.9 Å². The molecule has 3 N–H and O–H groups in total. The molecule has 248 valence electrons. The van der Waals surface area contributed by atoms with Gasteiger partial charge >= 0.3 is 0 Å². The summed E-state index contributed by atoms with van der Waals surface area (Å²) in [4.78, 5) is 63.8. The minimum Gasteiger partial charge on any atom is -0.361 e. The van der Waals surface area contributed by atoms with E-state index in [4.69, 9.17) is 4.52 Å². The Kier molecular flexibility index (Phi) is 11.5. The van der Waals surface area contributed by atoms with Crippen molar-refractivity contribution in [3.05, 3.63) is 85.6 Å². The van der Waals surface area contributed by atoms with Crippen molar-refractivity contribution in [2.45, 2.75) is 65.0 Å². The number of aromatic nitrogens is 3. The molecule has 0 fully saturated rings. The van der Waals surface area contributed by atoms with Crippen LogP contribution in [0.3, 0.4) is 0 Å². The SMILES string of the molecule is Cc1cc(C(=O)N2CCCNC(=O)c3csc(n3)[C@H](Cc3ccccc3)NC(=O)c3csc(n3)[C@H](CC(C)C)NC(=O)CCC2)no1. The summed E-state index contributed by atoms with van der Waals surface area (Å²) >= 11 is 2.63. The molecule has 1 aliphatic heterocycles. The van der Waals surface area contributed by atoms with Crippen LogP contribution in [0.1, 0.15) is 104 Å². The molecule has 5 rings (SSSR count). The third kappa shape index (κ3) is 9.32. The normalized spacial score (nSPS) is 18.6. The Morgan fingerprint density at radius 3 is 2.32 bits per heavy atom. The van der Waals surface area contributed by atoms with Gasteiger partial charge in [0, 0.05) is 42.9 Å². The second-order valence-corrected chi connectivity index (χ2v) is 13.7. The zero-order valence-electron chi connectivity index (χ0n) is 26.7. The first kappa shape index (κ1) is 33.9. The van der Waals surface area contributed by atoms with Crippen molar-refractivity contribution in [1.82, 2.24) is 36.0 Å². The van der Waals surface area contributed by atoms with Crippen molar-refractivity contribution in [2.24, 2.45) is 5.92 Å². The van der Waals surface area contributed by atoms with Crippen molar-refractivity contribution < 1.29 is 23.7 Å². The van der Waals surface area contributed by atoms with Gasteiger partial charge in [-0.3, -0.25) is 19.2 Å². The topological polar surface area (TPSA) is 159 Å². The van der Waals surface area contributed by atoms with Gasteiger partial charge in [0.25, 0.3) is 17.7 Å². The van der Waals surface area contributed by atoms with Gasteiger partial charge in [-0.2, -0.15) is 0 Å². The molecular weight excluding hydrogens is 639 g/mol. The Hall–Kier alpha value is -4.43. The highest BCUT2D eigenvalue weighted by Crippen LogP contribution is 2.27. The quantitative estimate of drug-likeness (QED) is 0.270. The number of fused-ring (bicyclic) bond motifs is 4. The van der Waals surface area contributed by atoms with Crippen molar-refractivity contribution >= 4 is 46.3 Å². The number of thiazole rings is 2. The van der Waals surface area contributed by atoms with Crippen molar-refractivity contribution in [3.63, 3.8) is 0 Å². The lowest BCUT2D eigenvalue weighted by Crippen LogP contribution is -2.36.